The van der Waals surface area contributed by atoms with Gasteiger partial charge in [-0.1, -0.05) is 12.1 Å². The summed E-state index contributed by atoms with van der Waals surface area (Å²) >= 11 is 0. The first kappa shape index (κ1) is 13.6. The van der Waals surface area contributed by atoms with E-state index in [0.29, 0.717) is 18.4 Å². The minimum absolute atomic E-state index is 0.0326. The Kier molecular flexibility index (Phi) is 3.76. The Labute approximate surface area is 119 Å². The molecule has 1 fully saturated rings. The van der Waals surface area contributed by atoms with E-state index in [2.05, 4.69) is 5.32 Å². The number of anilines is 1. The van der Waals surface area contributed by atoms with Gasteiger partial charge in [-0.05, 0) is 49.3 Å². The molecule has 0 aromatic heterocycles. The summed E-state index contributed by atoms with van der Waals surface area (Å²) in [4.78, 5) is 11.3. The summed E-state index contributed by atoms with van der Waals surface area (Å²) in [6.45, 7) is 2.79. The number of hydrogen-bond acceptors (Lipinski definition) is 3. The van der Waals surface area contributed by atoms with Gasteiger partial charge in [-0.3, -0.25) is 4.79 Å². The first-order chi connectivity index (χ1) is 9.65. The summed E-state index contributed by atoms with van der Waals surface area (Å²) in [7, 11) is 0. The van der Waals surface area contributed by atoms with E-state index >= 15 is 0 Å². The van der Waals surface area contributed by atoms with Crippen molar-refractivity contribution in [2.24, 2.45) is 5.92 Å². The Hall–Kier alpha value is -1.39. The molecule has 1 aliphatic heterocycles. The number of fused-ring (bicyclic) bond motifs is 1. The summed E-state index contributed by atoms with van der Waals surface area (Å²) in [5, 5.41) is 13.1. The summed E-state index contributed by atoms with van der Waals surface area (Å²) in [5.74, 6) is 0.583. The molecule has 1 aliphatic carbocycles. The molecule has 0 saturated heterocycles. The van der Waals surface area contributed by atoms with Crippen LogP contribution in [-0.4, -0.2) is 23.7 Å². The zero-order valence-corrected chi connectivity index (χ0v) is 11.8. The quantitative estimate of drug-likeness (QED) is 0.867. The van der Waals surface area contributed by atoms with E-state index in [1.807, 2.05) is 25.1 Å². The third kappa shape index (κ3) is 2.72. The largest absolute Gasteiger partial charge is 0.388 e. The van der Waals surface area contributed by atoms with Gasteiger partial charge >= 0.3 is 0 Å². The van der Waals surface area contributed by atoms with Gasteiger partial charge in [0.2, 0.25) is 5.91 Å². The Morgan fingerprint density at radius 2 is 2.25 bits per heavy atom. The summed E-state index contributed by atoms with van der Waals surface area (Å²) in [5.41, 5.74) is 2.79. The third-order valence-corrected chi connectivity index (χ3v) is 4.29. The van der Waals surface area contributed by atoms with Gasteiger partial charge in [0.1, 0.15) is 0 Å². The van der Waals surface area contributed by atoms with Crippen LogP contribution in [0.15, 0.2) is 18.2 Å². The highest BCUT2D eigenvalue weighted by molar-refractivity contribution is 5.99. The number of amides is 1. The van der Waals surface area contributed by atoms with Crippen molar-refractivity contribution in [1.29, 1.82) is 0 Å². The zero-order chi connectivity index (χ0) is 14.1. The van der Waals surface area contributed by atoms with Crippen LogP contribution in [0.25, 0.3) is 0 Å². The van der Waals surface area contributed by atoms with Gasteiger partial charge in [0.05, 0.1) is 18.6 Å². The number of aliphatic hydroxyl groups is 1. The lowest BCUT2D eigenvalue weighted by Crippen LogP contribution is -2.32. The number of ether oxygens (including phenoxy) is 1. The molecule has 4 heteroatoms. The van der Waals surface area contributed by atoms with E-state index in [4.69, 9.17) is 4.74 Å². The van der Waals surface area contributed by atoms with Crippen LogP contribution in [0.3, 0.4) is 0 Å². The van der Waals surface area contributed by atoms with Crippen LogP contribution in [0.4, 0.5) is 5.69 Å². The van der Waals surface area contributed by atoms with Crippen LogP contribution in [0.5, 0.6) is 0 Å². The molecule has 2 N–H and O–H groups in total. The number of benzene rings is 1. The highest BCUT2D eigenvalue weighted by atomic mass is 16.5. The molecule has 1 aromatic carbocycles. The predicted octanol–water partition coefficient (Wildman–Crippen LogP) is 2.42. The highest BCUT2D eigenvalue weighted by Crippen LogP contribution is 2.37. The summed E-state index contributed by atoms with van der Waals surface area (Å²) in [6.07, 6.45) is 3.25. The Morgan fingerprint density at radius 1 is 1.45 bits per heavy atom. The molecular formula is C16H21NO3. The van der Waals surface area contributed by atoms with Gasteiger partial charge in [-0.15, -0.1) is 0 Å². The average molecular weight is 275 g/mol. The van der Waals surface area contributed by atoms with Gasteiger partial charge in [0.25, 0.3) is 0 Å². The monoisotopic (exact) mass is 275 g/mol. The number of nitrogens with one attached hydrogen (secondary N) is 1. The molecule has 4 nitrogen and oxygen atoms in total. The number of carbonyl (C=O) groups excluding carboxylic acids is 1. The second kappa shape index (κ2) is 5.54. The molecule has 0 bridgehead atoms. The second-order valence-corrected chi connectivity index (χ2v) is 5.81. The van der Waals surface area contributed by atoms with E-state index in [1.165, 1.54) is 0 Å². The van der Waals surface area contributed by atoms with Gasteiger partial charge < -0.3 is 15.2 Å². The van der Waals surface area contributed by atoms with Crippen molar-refractivity contribution in [1.82, 2.24) is 0 Å². The topological polar surface area (TPSA) is 58.6 Å². The molecule has 1 atom stereocenters. The zero-order valence-electron chi connectivity index (χ0n) is 11.8. The second-order valence-electron chi connectivity index (χ2n) is 5.81. The van der Waals surface area contributed by atoms with Crippen molar-refractivity contribution >= 4 is 11.6 Å². The Morgan fingerprint density at radius 3 is 3.00 bits per heavy atom. The van der Waals surface area contributed by atoms with Gasteiger partial charge in [-0.25, -0.2) is 0 Å². The summed E-state index contributed by atoms with van der Waals surface area (Å²) < 4.78 is 5.54. The van der Waals surface area contributed by atoms with Crippen LogP contribution >= 0.6 is 0 Å². The fraction of sp³-hybridized carbons (Fsp3) is 0.562. The molecule has 0 radical (unpaired) electrons. The SMILES string of the molecule is CCOC1CC(CC(O)c2ccc3c(c2)CC(=O)N3)C1. The molecule has 3 rings (SSSR count). The van der Waals surface area contributed by atoms with Crippen molar-refractivity contribution in [3.05, 3.63) is 29.3 Å². The fourth-order valence-electron chi connectivity index (χ4n) is 3.15. The van der Waals surface area contributed by atoms with E-state index < -0.39 is 6.10 Å². The van der Waals surface area contributed by atoms with E-state index in [-0.39, 0.29) is 5.91 Å². The van der Waals surface area contributed by atoms with Crippen molar-refractivity contribution in [2.45, 2.75) is 44.8 Å². The molecule has 1 aromatic rings. The van der Waals surface area contributed by atoms with Crippen LogP contribution in [0.2, 0.25) is 0 Å². The first-order valence-corrected chi connectivity index (χ1v) is 7.38. The normalized spacial score (nSPS) is 25.8. The number of rotatable bonds is 5. The smallest absolute Gasteiger partial charge is 0.228 e. The van der Waals surface area contributed by atoms with Crippen molar-refractivity contribution in [3.8, 4) is 0 Å². The van der Waals surface area contributed by atoms with E-state index in [1.54, 1.807) is 0 Å². The van der Waals surface area contributed by atoms with E-state index in [9.17, 15) is 9.90 Å². The maximum atomic E-state index is 11.3. The van der Waals surface area contributed by atoms with Gasteiger partial charge in [-0.2, -0.15) is 0 Å². The maximum absolute atomic E-state index is 11.3. The van der Waals surface area contributed by atoms with Gasteiger partial charge in [0, 0.05) is 12.3 Å². The molecule has 1 amide bonds. The molecule has 20 heavy (non-hydrogen) atoms. The Bertz CT molecular complexity index is 508. The maximum Gasteiger partial charge on any atom is 0.228 e. The Balaban J connectivity index is 1.57. The molecule has 0 spiro atoms. The third-order valence-electron chi connectivity index (χ3n) is 4.29. The highest BCUT2D eigenvalue weighted by Gasteiger charge is 2.31. The predicted molar refractivity (Wildman–Crippen MR) is 76.5 cm³/mol. The van der Waals surface area contributed by atoms with Crippen LogP contribution in [0, 0.1) is 5.92 Å². The lowest BCUT2D eigenvalue weighted by molar-refractivity contribution is -0.115. The van der Waals surface area contributed by atoms with Gasteiger partial charge in [0.15, 0.2) is 0 Å². The lowest BCUT2D eigenvalue weighted by atomic mass is 9.78. The summed E-state index contributed by atoms with van der Waals surface area (Å²) in [6, 6.07) is 5.76. The molecule has 1 unspecified atom stereocenters. The molecule has 108 valence electrons. The first-order valence-electron chi connectivity index (χ1n) is 7.38. The molecule has 2 aliphatic rings. The van der Waals surface area contributed by atoms with E-state index in [0.717, 1.165) is 42.7 Å². The average Bonchev–Trinajstić information content (AvgIpc) is 2.75. The molecule has 1 heterocycles. The number of hydrogen-bond donors (Lipinski definition) is 2. The van der Waals surface area contributed by atoms with Crippen LogP contribution in [0.1, 0.15) is 43.4 Å². The molecular weight excluding hydrogens is 254 g/mol. The van der Waals surface area contributed by atoms with Crippen molar-refractivity contribution in [2.75, 3.05) is 11.9 Å². The minimum Gasteiger partial charge on any atom is -0.388 e. The fourth-order valence-corrected chi connectivity index (χ4v) is 3.15. The number of carbonyl (C=O) groups is 1. The minimum atomic E-state index is -0.441. The standard InChI is InChI=1S/C16H21NO3/c1-2-20-13-5-10(6-13)7-15(18)11-3-4-14-12(8-11)9-16(19)17-14/h3-4,8,10,13,15,18H,2,5-7,9H2,1H3,(H,17,19). The van der Waals surface area contributed by atoms with Crippen molar-refractivity contribution in [3.63, 3.8) is 0 Å². The van der Waals surface area contributed by atoms with Crippen LogP contribution in [-0.2, 0) is 16.0 Å². The number of aliphatic hydroxyl groups excluding tert-OH is 1. The lowest BCUT2D eigenvalue weighted by Gasteiger charge is -2.36. The molecule has 1 saturated carbocycles. The van der Waals surface area contributed by atoms with Crippen LogP contribution < -0.4 is 5.32 Å². The van der Waals surface area contributed by atoms with Crippen molar-refractivity contribution < 1.29 is 14.6 Å².